The van der Waals surface area contributed by atoms with Gasteiger partial charge >= 0.3 is 0 Å². The monoisotopic (exact) mass is 262 g/mol. The fraction of sp³-hybridized carbons (Fsp3) is 0.500. The Morgan fingerprint density at radius 3 is 2.94 bits per heavy atom. The van der Waals surface area contributed by atoms with Crippen LogP contribution in [0, 0.1) is 0 Å². The van der Waals surface area contributed by atoms with Crippen LogP contribution in [0.15, 0.2) is 35.3 Å². The topological polar surface area (TPSA) is 33.6 Å². The van der Waals surface area contributed by atoms with Crippen LogP contribution >= 0.6 is 11.8 Å². The SMILES string of the molecule is CC1(NC2=NCC(c3ccccc3)S2)CCOC1. The second kappa shape index (κ2) is 4.94. The van der Waals surface area contributed by atoms with Gasteiger partial charge in [-0.15, -0.1) is 0 Å². The Labute approximate surface area is 112 Å². The zero-order valence-corrected chi connectivity index (χ0v) is 11.4. The number of benzene rings is 1. The third kappa shape index (κ3) is 2.54. The van der Waals surface area contributed by atoms with Crippen molar-refractivity contribution in [1.29, 1.82) is 0 Å². The maximum atomic E-state index is 5.46. The molecule has 4 heteroatoms. The zero-order valence-electron chi connectivity index (χ0n) is 10.6. The van der Waals surface area contributed by atoms with Gasteiger partial charge in [-0.05, 0) is 18.9 Å². The highest BCUT2D eigenvalue weighted by molar-refractivity contribution is 8.14. The van der Waals surface area contributed by atoms with Crippen LogP contribution in [-0.4, -0.2) is 30.5 Å². The van der Waals surface area contributed by atoms with Gasteiger partial charge in [0.2, 0.25) is 0 Å². The fourth-order valence-electron chi connectivity index (χ4n) is 2.31. The second-order valence-electron chi connectivity index (χ2n) is 5.15. The molecule has 1 fully saturated rings. The first-order valence-corrected chi connectivity index (χ1v) is 7.25. The highest BCUT2D eigenvalue weighted by Crippen LogP contribution is 2.35. The van der Waals surface area contributed by atoms with Crippen LogP contribution in [0.3, 0.4) is 0 Å². The molecule has 2 heterocycles. The van der Waals surface area contributed by atoms with E-state index >= 15 is 0 Å². The molecule has 0 aliphatic carbocycles. The van der Waals surface area contributed by atoms with E-state index in [4.69, 9.17) is 4.74 Å². The Kier molecular flexibility index (Phi) is 3.31. The highest BCUT2D eigenvalue weighted by Gasteiger charge is 2.32. The van der Waals surface area contributed by atoms with Crippen LogP contribution in [0.2, 0.25) is 0 Å². The summed E-state index contributed by atoms with van der Waals surface area (Å²) in [5.41, 5.74) is 1.42. The molecule has 1 aromatic carbocycles. The van der Waals surface area contributed by atoms with Gasteiger partial charge in [0.15, 0.2) is 5.17 Å². The predicted molar refractivity (Wildman–Crippen MR) is 76.1 cm³/mol. The van der Waals surface area contributed by atoms with E-state index in [1.807, 2.05) is 11.8 Å². The maximum Gasteiger partial charge on any atom is 0.157 e. The number of ether oxygens (including phenoxy) is 1. The average molecular weight is 262 g/mol. The summed E-state index contributed by atoms with van der Waals surface area (Å²) in [6.45, 7) is 4.71. The number of rotatable bonds is 2. The van der Waals surface area contributed by atoms with Crippen LogP contribution in [-0.2, 0) is 4.74 Å². The average Bonchev–Trinajstić information content (AvgIpc) is 3.00. The smallest absolute Gasteiger partial charge is 0.157 e. The van der Waals surface area contributed by atoms with Crippen LogP contribution in [0.25, 0.3) is 0 Å². The Hall–Kier alpha value is -1.00. The van der Waals surface area contributed by atoms with Crippen molar-refractivity contribution >= 4 is 16.9 Å². The molecular formula is C14H18N2OS. The molecular weight excluding hydrogens is 244 g/mol. The van der Waals surface area contributed by atoms with Gasteiger partial charge in [-0.3, -0.25) is 4.99 Å². The van der Waals surface area contributed by atoms with E-state index in [-0.39, 0.29) is 5.54 Å². The first kappa shape index (κ1) is 12.1. The fourth-order valence-corrected chi connectivity index (χ4v) is 3.48. The molecule has 3 nitrogen and oxygen atoms in total. The number of hydrogen-bond acceptors (Lipinski definition) is 4. The molecule has 1 N–H and O–H groups in total. The van der Waals surface area contributed by atoms with Gasteiger partial charge in [0, 0.05) is 6.61 Å². The van der Waals surface area contributed by atoms with E-state index in [9.17, 15) is 0 Å². The minimum atomic E-state index is 0.0669. The zero-order chi connectivity index (χ0) is 12.4. The van der Waals surface area contributed by atoms with E-state index in [1.165, 1.54) is 5.56 Å². The van der Waals surface area contributed by atoms with Crippen LogP contribution in [0.4, 0.5) is 0 Å². The summed E-state index contributed by atoms with van der Waals surface area (Å²) in [6, 6.07) is 10.6. The molecule has 0 amide bonds. The van der Waals surface area contributed by atoms with Gasteiger partial charge in [-0.25, -0.2) is 0 Å². The second-order valence-corrected chi connectivity index (χ2v) is 6.34. The van der Waals surface area contributed by atoms with Crippen molar-refractivity contribution in [2.24, 2.45) is 4.99 Å². The first-order valence-electron chi connectivity index (χ1n) is 6.37. The number of nitrogens with one attached hydrogen (secondary N) is 1. The molecule has 2 unspecified atom stereocenters. The van der Waals surface area contributed by atoms with E-state index in [1.54, 1.807) is 0 Å². The molecule has 1 saturated heterocycles. The van der Waals surface area contributed by atoms with Gasteiger partial charge in [0.1, 0.15) is 0 Å². The van der Waals surface area contributed by atoms with Crippen molar-refractivity contribution in [2.45, 2.75) is 24.1 Å². The standard InChI is InChI=1S/C14H18N2OS/c1-14(7-8-17-10-14)16-13-15-9-12(18-13)11-5-3-2-4-6-11/h2-6,12H,7-10H2,1H3,(H,15,16). The van der Waals surface area contributed by atoms with Gasteiger partial charge < -0.3 is 10.1 Å². The van der Waals surface area contributed by atoms with Crippen molar-refractivity contribution in [3.63, 3.8) is 0 Å². The summed E-state index contributed by atoms with van der Waals surface area (Å²) >= 11 is 1.83. The lowest BCUT2D eigenvalue weighted by Crippen LogP contribution is -2.45. The Morgan fingerprint density at radius 2 is 2.22 bits per heavy atom. The van der Waals surface area contributed by atoms with E-state index in [0.717, 1.165) is 31.3 Å². The van der Waals surface area contributed by atoms with E-state index in [2.05, 4.69) is 47.6 Å². The Bertz CT molecular complexity index is 440. The molecule has 96 valence electrons. The molecule has 0 aromatic heterocycles. The number of nitrogens with zero attached hydrogens (tertiary/aromatic N) is 1. The summed E-state index contributed by atoms with van der Waals surface area (Å²) in [6.07, 6.45) is 1.06. The lowest BCUT2D eigenvalue weighted by Gasteiger charge is -2.24. The predicted octanol–water partition coefficient (Wildman–Crippen LogP) is 2.60. The summed E-state index contributed by atoms with van der Waals surface area (Å²) in [4.78, 5) is 4.62. The van der Waals surface area contributed by atoms with Crippen molar-refractivity contribution in [3.05, 3.63) is 35.9 Å². The van der Waals surface area contributed by atoms with Crippen molar-refractivity contribution < 1.29 is 4.74 Å². The van der Waals surface area contributed by atoms with E-state index < -0.39 is 0 Å². The van der Waals surface area contributed by atoms with Crippen molar-refractivity contribution in [3.8, 4) is 0 Å². The number of amidine groups is 1. The maximum absolute atomic E-state index is 5.46. The molecule has 2 aliphatic heterocycles. The molecule has 2 aliphatic rings. The normalized spacial score (nSPS) is 31.4. The van der Waals surface area contributed by atoms with Gasteiger partial charge in [0.25, 0.3) is 0 Å². The van der Waals surface area contributed by atoms with E-state index in [0.29, 0.717) is 5.25 Å². The van der Waals surface area contributed by atoms with Crippen molar-refractivity contribution in [1.82, 2.24) is 5.32 Å². The summed E-state index contributed by atoms with van der Waals surface area (Å²) in [5, 5.41) is 5.07. The quantitative estimate of drug-likeness (QED) is 0.889. The molecule has 0 saturated carbocycles. The van der Waals surface area contributed by atoms with Gasteiger partial charge in [-0.2, -0.15) is 0 Å². The molecule has 0 radical (unpaired) electrons. The third-order valence-electron chi connectivity index (χ3n) is 3.45. The number of aliphatic imine (C=N–C) groups is 1. The summed E-state index contributed by atoms with van der Waals surface area (Å²) in [7, 11) is 0. The van der Waals surface area contributed by atoms with Gasteiger partial charge in [0.05, 0.1) is 23.9 Å². The third-order valence-corrected chi connectivity index (χ3v) is 4.61. The Balaban J connectivity index is 1.61. The van der Waals surface area contributed by atoms with Crippen LogP contribution in [0.1, 0.15) is 24.2 Å². The summed E-state index contributed by atoms with van der Waals surface area (Å²) in [5.74, 6) is 0. The summed E-state index contributed by atoms with van der Waals surface area (Å²) < 4.78 is 5.46. The number of hydrogen-bond donors (Lipinski definition) is 1. The largest absolute Gasteiger partial charge is 0.379 e. The first-order chi connectivity index (χ1) is 8.75. The molecule has 1 aromatic rings. The van der Waals surface area contributed by atoms with Crippen LogP contribution < -0.4 is 5.32 Å². The molecule has 0 spiro atoms. The van der Waals surface area contributed by atoms with Crippen molar-refractivity contribution in [2.75, 3.05) is 19.8 Å². The highest BCUT2D eigenvalue weighted by atomic mass is 32.2. The lowest BCUT2D eigenvalue weighted by atomic mass is 10.0. The molecule has 18 heavy (non-hydrogen) atoms. The minimum absolute atomic E-state index is 0.0669. The molecule has 2 atom stereocenters. The lowest BCUT2D eigenvalue weighted by molar-refractivity contribution is 0.177. The van der Waals surface area contributed by atoms with Gasteiger partial charge in [-0.1, -0.05) is 42.1 Å². The number of thioether (sulfide) groups is 1. The van der Waals surface area contributed by atoms with Crippen LogP contribution in [0.5, 0.6) is 0 Å². The molecule has 0 bridgehead atoms. The minimum Gasteiger partial charge on any atom is -0.379 e. The Morgan fingerprint density at radius 1 is 1.39 bits per heavy atom. The molecule has 3 rings (SSSR count).